The third-order valence-electron chi connectivity index (χ3n) is 10.0. The van der Waals surface area contributed by atoms with Gasteiger partial charge >= 0.3 is 11.9 Å². The molecule has 1 rings (SSSR count). The molecule has 0 heterocycles. The fourth-order valence-electron chi connectivity index (χ4n) is 6.54. The number of esters is 2. The first-order valence-electron chi connectivity index (χ1n) is 22.1. The zero-order valence-electron chi connectivity index (χ0n) is 34.5. The van der Waals surface area contributed by atoms with E-state index >= 15 is 0 Å². The third-order valence-corrected chi connectivity index (χ3v) is 10.9. The average Bonchev–Trinajstić information content (AvgIpc) is 3.16. The average molecular weight is 775 g/mol. The van der Waals surface area contributed by atoms with E-state index in [0.717, 1.165) is 50.7 Å². The maximum atomic E-state index is 13.0. The van der Waals surface area contributed by atoms with Crippen LogP contribution in [0.3, 0.4) is 0 Å². The van der Waals surface area contributed by atoms with Crippen LogP contribution >= 0.6 is 0 Å². The van der Waals surface area contributed by atoms with E-state index in [9.17, 15) is 22.6 Å². The largest absolute Gasteiger partial charge is 0.462 e. The molecule has 8 heteroatoms. The topological polar surface area (TPSA) is 107 Å². The molecule has 0 aliphatic carbocycles. The number of benzene rings is 1. The smallest absolute Gasteiger partial charge is 0.339 e. The number of carbonyl (C=O) groups is 2. The summed E-state index contributed by atoms with van der Waals surface area (Å²) >= 11 is 0. The lowest BCUT2D eigenvalue weighted by molar-refractivity contribution is 0.0450. The number of unbranched alkanes of at least 4 members (excludes halogenated alkanes) is 26. The van der Waals surface area contributed by atoms with Crippen LogP contribution < -0.4 is 0 Å². The first kappa shape index (κ1) is 49.6. The Morgan fingerprint density at radius 2 is 0.796 bits per heavy atom. The first-order chi connectivity index (χ1) is 26.3. The molecule has 54 heavy (non-hydrogen) atoms. The van der Waals surface area contributed by atoms with Crippen molar-refractivity contribution in [2.45, 2.75) is 211 Å². The lowest BCUT2D eigenvalue weighted by Gasteiger charge is -2.11. The van der Waals surface area contributed by atoms with Crippen molar-refractivity contribution in [1.29, 1.82) is 0 Å². The molecule has 7 nitrogen and oxygen atoms in total. The molecule has 0 atom stereocenters. The summed E-state index contributed by atoms with van der Waals surface area (Å²) in [5.41, 5.74) is -0.270. The lowest BCUT2D eigenvalue weighted by Crippen LogP contribution is -2.16. The Hall–Kier alpha value is -2.45. The third kappa shape index (κ3) is 28.0. The highest BCUT2D eigenvalue weighted by molar-refractivity contribution is 7.85. The number of carbonyl (C=O) groups excluding carboxylic acids is 2. The van der Waals surface area contributed by atoms with Crippen molar-refractivity contribution in [3.63, 3.8) is 0 Å². The van der Waals surface area contributed by atoms with E-state index in [2.05, 4.69) is 38.2 Å². The van der Waals surface area contributed by atoms with E-state index in [-0.39, 0.29) is 24.3 Å². The summed E-state index contributed by atoms with van der Waals surface area (Å²) in [7, 11) is -4.57. The number of hydrogen-bond acceptors (Lipinski definition) is 6. The number of allylic oxidation sites excluding steroid dienone is 4. The summed E-state index contributed by atoms with van der Waals surface area (Å²) in [5.74, 6) is -1.50. The molecule has 0 spiro atoms. The minimum Gasteiger partial charge on any atom is -0.462 e. The van der Waals surface area contributed by atoms with Crippen LogP contribution in [-0.2, 0) is 19.6 Å². The number of ether oxygens (including phenoxy) is 2. The summed E-state index contributed by atoms with van der Waals surface area (Å²) in [4.78, 5) is 25.4. The SMILES string of the molecule is CCCC/C=C/CCCCCCCCCCCCCOC(=O)c1ccc(S(=O)(=O)O)cc1C(=O)OCCCCCCCCCCCCC/C=C/CCCC. The maximum absolute atomic E-state index is 13.0. The molecule has 0 aromatic heterocycles. The van der Waals surface area contributed by atoms with Gasteiger partial charge in [-0.05, 0) is 69.6 Å². The van der Waals surface area contributed by atoms with Crippen LogP contribution in [0, 0.1) is 0 Å². The Kier molecular flexibility index (Phi) is 32.1. The van der Waals surface area contributed by atoms with E-state index in [4.69, 9.17) is 9.47 Å². The van der Waals surface area contributed by atoms with Gasteiger partial charge in [-0.15, -0.1) is 0 Å². The van der Waals surface area contributed by atoms with Crippen LogP contribution in [0.4, 0.5) is 0 Å². The highest BCUT2D eigenvalue weighted by Crippen LogP contribution is 2.20. The second-order valence-electron chi connectivity index (χ2n) is 15.0. The Morgan fingerprint density at radius 1 is 0.481 bits per heavy atom. The zero-order chi connectivity index (χ0) is 39.4. The Balaban J connectivity index is 2.21. The van der Waals surface area contributed by atoms with Gasteiger partial charge in [-0.25, -0.2) is 9.59 Å². The van der Waals surface area contributed by atoms with Gasteiger partial charge in [0.25, 0.3) is 10.1 Å². The first-order valence-corrected chi connectivity index (χ1v) is 23.5. The predicted octanol–water partition coefficient (Wildman–Crippen LogP) is 14.1. The van der Waals surface area contributed by atoms with Gasteiger partial charge in [-0.3, -0.25) is 4.55 Å². The quantitative estimate of drug-likeness (QED) is 0.0310. The van der Waals surface area contributed by atoms with Crippen molar-refractivity contribution in [1.82, 2.24) is 0 Å². The fraction of sp³-hybridized carbons (Fsp3) is 0.739. The molecule has 0 bridgehead atoms. The van der Waals surface area contributed by atoms with Crippen LogP contribution in [0.15, 0.2) is 47.4 Å². The molecule has 1 N–H and O–H groups in total. The minimum absolute atomic E-state index is 0.0601. The van der Waals surface area contributed by atoms with Crippen LogP contribution in [0.25, 0.3) is 0 Å². The van der Waals surface area contributed by atoms with Gasteiger partial charge in [0.05, 0.1) is 29.2 Å². The van der Waals surface area contributed by atoms with Crippen molar-refractivity contribution in [3.05, 3.63) is 53.6 Å². The lowest BCUT2D eigenvalue weighted by atomic mass is 10.0. The van der Waals surface area contributed by atoms with Crippen molar-refractivity contribution < 1.29 is 32.0 Å². The molecule has 0 radical (unpaired) electrons. The molecular weight excluding hydrogens is 697 g/mol. The van der Waals surface area contributed by atoms with Crippen molar-refractivity contribution in [2.24, 2.45) is 0 Å². The molecule has 0 unspecified atom stereocenters. The van der Waals surface area contributed by atoms with E-state index in [1.165, 1.54) is 154 Å². The summed E-state index contributed by atoms with van der Waals surface area (Å²) < 4.78 is 43.9. The van der Waals surface area contributed by atoms with Gasteiger partial charge in [0, 0.05) is 0 Å². The minimum atomic E-state index is -4.57. The Morgan fingerprint density at radius 3 is 1.15 bits per heavy atom. The van der Waals surface area contributed by atoms with Crippen molar-refractivity contribution in [3.8, 4) is 0 Å². The zero-order valence-corrected chi connectivity index (χ0v) is 35.3. The molecule has 0 saturated heterocycles. The van der Waals surface area contributed by atoms with E-state index in [1.54, 1.807) is 0 Å². The van der Waals surface area contributed by atoms with Gasteiger partial charge in [-0.1, -0.05) is 179 Å². The summed E-state index contributed by atoms with van der Waals surface area (Å²) in [5, 5.41) is 0. The van der Waals surface area contributed by atoms with Gasteiger partial charge < -0.3 is 9.47 Å². The van der Waals surface area contributed by atoms with Gasteiger partial charge in [0.15, 0.2) is 0 Å². The molecule has 0 aliphatic heterocycles. The van der Waals surface area contributed by atoms with Crippen molar-refractivity contribution in [2.75, 3.05) is 13.2 Å². The molecule has 0 saturated carbocycles. The molecule has 1 aromatic carbocycles. The predicted molar refractivity (Wildman–Crippen MR) is 225 cm³/mol. The highest BCUT2D eigenvalue weighted by Gasteiger charge is 2.23. The standard InChI is InChI=1S/C46H78O7S/c1-3-5-7-9-11-13-15-17-19-21-23-25-27-29-31-33-35-39-52-45(47)43-38-37-42(54(49,50)51)41-44(43)46(48)53-40-36-34-32-30-28-26-24-22-20-18-16-14-12-10-8-6-4-2/h9-12,37-38,41H,3-8,13-36,39-40H2,1-2H3,(H,49,50,51)/b11-9+,12-10+. The fourth-order valence-corrected chi connectivity index (χ4v) is 7.05. The molecule has 0 amide bonds. The van der Waals surface area contributed by atoms with Crippen LogP contribution in [-0.4, -0.2) is 38.1 Å². The highest BCUT2D eigenvalue weighted by atomic mass is 32.2. The molecule has 0 fully saturated rings. The van der Waals surface area contributed by atoms with Gasteiger partial charge in [0.2, 0.25) is 0 Å². The van der Waals surface area contributed by atoms with Gasteiger partial charge in [0.1, 0.15) is 0 Å². The molecule has 310 valence electrons. The second-order valence-corrected chi connectivity index (χ2v) is 16.5. The summed E-state index contributed by atoms with van der Waals surface area (Å²) in [6, 6.07) is 3.30. The number of rotatable bonds is 37. The number of hydrogen-bond donors (Lipinski definition) is 1. The Labute approximate surface area is 331 Å². The second kappa shape index (κ2) is 35.0. The normalized spacial score (nSPS) is 11.9. The summed E-state index contributed by atoms with van der Waals surface area (Å²) in [6.07, 6.45) is 45.1. The van der Waals surface area contributed by atoms with Crippen LogP contribution in [0.5, 0.6) is 0 Å². The maximum Gasteiger partial charge on any atom is 0.339 e. The van der Waals surface area contributed by atoms with E-state index in [0.29, 0.717) is 6.42 Å². The van der Waals surface area contributed by atoms with Crippen LogP contribution in [0.1, 0.15) is 227 Å². The van der Waals surface area contributed by atoms with Crippen molar-refractivity contribution >= 4 is 22.1 Å². The monoisotopic (exact) mass is 775 g/mol. The van der Waals surface area contributed by atoms with E-state index < -0.39 is 27.0 Å². The van der Waals surface area contributed by atoms with Gasteiger partial charge in [-0.2, -0.15) is 8.42 Å². The summed E-state index contributed by atoms with van der Waals surface area (Å²) in [6.45, 7) is 4.86. The molecular formula is C46H78O7S. The van der Waals surface area contributed by atoms with E-state index in [1.807, 2.05) is 0 Å². The molecule has 0 aliphatic rings. The van der Waals surface area contributed by atoms with Crippen LogP contribution in [0.2, 0.25) is 0 Å². The molecule has 1 aromatic rings. The Bertz CT molecular complexity index is 1240.